The quantitative estimate of drug-likeness (QED) is 0.643. The van der Waals surface area contributed by atoms with Crippen LogP contribution in [0.5, 0.6) is 0 Å². The van der Waals surface area contributed by atoms with Gasteiger partial charge in [-0.1, -0.05) is 23.5 Å². The highest BCUT2D eigenvalue weighted by Crippen LogP contribution is 2.18. The first-order chi connectivity index (χ1) is 8.67. The first-order valence-corrected chi connectivity index (χ1v) is 6.33. The van der Waals surface area contributed by atoms with Gasteiger partial charge in [0.05, 0.1) is 0 Å². The Kier molecular flexibility index (Phi) is 4.24. The highest BCUT2D eigenvalue weighted by molar-refractivity contribution is 7.15. The van der Waals surface area contributed by atoms with Crippen LogP contribution in [-0.2, 0) is 13.1 Å². The molecule has 4 nitrogen and oxygen atoms in total. The van der Waals surface area contributed by atoms with E-state index in [1.165, 1.54) is 23.5 Å². The van der Waals surface area contributed by atoms with Crippen molar-refractivity contribution < 1.29 is 4.39 Å². The summed E-state index contributed by atoms with van der Waals surface area (Å²) in [6.07, 6.45) is 1.81. The average Bonchev–Trinajstić information content (AvgIpc) is 2.79. The van der Waals surface area contributed by atoms with Gasteiger partial charge in [-0.25, -0.2) is 15.2 Å². The molecular formula is C12H15FN4S. The molecular weight excluding hydrogens is 251 g/mol. The minimum atomic E-state index is -0.206. The second-order valence-electron chi connectivity index (χ2n) is 4.07. The number of rotatable bonds is 5. The van der Waals surface area contributed by atoms with Gasteiger partial charge in [-0.2, -0.15) is 0 Å². The Bertz CT molecular complexity index is 497. The van der Waals surface area contributed by atoms with Gasteiger partial charge in [-0.3, -0.25) is 10.3 Å². The highest BCUT2D eigenvalue weighted by Gasteiger charge is 2.05. The molecule has 0 amide bonds. The molecule has 18 heavy (non-hydrogen) atoms. The molecule has 0 aliphatic heterocycles. The van der Waals surface area contributed by atoms with E-state index in [0.717, 1.165) is 23.5 Å². The average molecular weight is 266 g/mol. The first kappa shape index (κ1) is 12.9. The molecule has 2 aromatic rings. The fourth-order valence-corrected chi connectivity index (χ4v) is 2.47. The third-order valence-corrected chi connectivity index (χ3v) is 3.38. The molecule has 1 aromatic heterocycles. The lowest BCUT2D eigenvalue weighted by Crippen LogP contribution is -2.16. The van der Waals surface area contributed by atoms with Gasteiger partial charge in [-0.05, 0) is 24.7 Å². The lowest BCUT2D eigenvalue weighted by atomic mass is 10.2. The highest BCUT2D eigenvalue weighted by atomic mass is 32.1. The number of hydrogen-bond donors (Lipinski definition) is 2. The maximum Gasteiger partial charge on any atom is 0.197 e. The SMILES string of the molecule is CN(Cc1ccc(F)cc1)Cc1cnc(NN)s1. The Hall–Kier alpha value is -1.50. The number of anilines is 1. The van der Waals surface area contributed by atoms with Crippen LogP contribution in [0.2, 0.25) is 0 Å². The minimum Gasteiger partial charge on any atom is -0.300 e. The number of halogens is 1. The van der Waals surface area contributed by atoms with E-state index in [1.807, 2.05) is 7.05 Å². The molecule has 0 aliphatic rings. The molecule has 1 heterocycles. The molecule has 0 bridgehead atoms. The third kappa shape index (κ3) is 3.49. The lowest BCUT2D eigenvalue weighted by Gasteiger charge is -2.15. The van der Waals surface area contributed by atoms with Crippen LogP contribution in [0.3, 0.4) is 0 Å². The molecule has 0 atom stereocenters. The van der Waals surface area contributed by atoms with Gasteiger partial charge < -0.3 is 0 Å². The number of hydrazine groups is 1. The predicted molar refractivity (Wildman–Crippen MR) is 71.5 cm³/mol. The number of aromatic nitrogens is 1. The molecule has 6 heteroatoms. The van der Waals surface area contributed by atoms with Crippen LogP contribution in [-0.4, -0.2) is 16.9 Å². The van der Waals surface area contributed by atoms with Gasteiger partial charge in [0.1, 0.15) is 5.82 Å². The number of hydrogen-bond acceptors (Lipinski definition) is 5. The number of nitrogens with one attached hydrogen (secondary N) is 1. The second-order valence-corrected chi connectivity index (χ2v) is 5.19. The van der Waals surface area contributed by atoms with E-state index >= 15 is 0 Å². The van der Waals surface area contributed by atoms with Crippen molar-refractivity contribution in [2.24, 2.45) is 5.84 Å². The fraction of sp³-hybridized carbons (Fsp3) is 0.250. The van der Waals surface area contributed by atoms with Gasteiger partial charge in [0.25, 0.3) is 0 Å². The summed E-state index contributed by atoms with van der Waals surface area (Å²) in [6, 6.07) is 6.55. The Balaban J connectivity index is 1.91. The van der Waals surface area contributed by atoms with Crippen LogP contribution in [0.1, 0.15) is 10.4 Å². The van der Waals surface area contributed by atoms with Crippen LogP contribution in [0.15, 0.2) is 30.5 Å². The molecule has 3 N–H and O–H groups in total. The van der Waals surface area contributed by atoms with Crippen molar-refractivity contribution in [3.05, 3.63) is 46.7 Å². The summed E-state index contributed by atoms with van der Waals surface area (Å²) < 4.78 is 12.8. The van der Waals surface area contributed by atoms with Crippen molar-refractivity contribution in [2.45, 2.75) is 13.1 Å². The van der Waals surface area contributed by atoms with Gasteiger partial charge >= 0.3 is 0 Å². The zero-order valence-corrected chi connectivity index (χ0v) is 10.9. The molecule has 0 saturated heterocycles. The van der Waals surface area contributed by atoms with Crippen molar-refractivity contribution in [3.63, 3.8) is 0 Å². The number of thiazole rings is 1. The Morgan fingerprint density at radius 3 is 2.67 bits per heavy atom. The van der Waals surface area contributed by atoms with Gasteiger partial charge in [-0.15, -0.1) is 0 Å². The van der Waals surface area contributed by atoms with Crippen molar-refractivity contribution in [3.8, 4) is 0 Å². The molecule has 0 unspecified atom stereocenters. The van der Waals surface area contributed by atoms with Crippen molar-refractivity contribution in [1.82, 2.24) is 9.88 Å². The zero-order chi connectivity index (χ0) is 13.0. The van der Waals surface area contributed by atoms with E-state index in [9.17, 15) is 4.39 Å². The smallest absolute Gasteiger partial charge is 0.197 e. The van der Waals surface area contributed by atoms with Gasteiger partial charge in [0.15, 0.2) is 5.13 Å². The summed E-state index contributed by atoms with van der Waals surface area (Å²) in [5.74, 6) is 5.07. The van der Waals surface area contributed by atoms with E-state index in [-0.39, 0.29) is 5.82 Å². The number of nitrogens with two attached hydrogens (primary N) is 1. The molecule has 2 rings (SSSR count). The molecule has 1 aromatic carbocycles. The Morgan fingerprint density at radius 2 is 2.06 bits per heavy atom. The van der Waals surface area contributed by atoms with Crippen LogP contribution in [0, 0.1) is 5.82 Å². The number of benzene rings is 1. The van der Waals surface area contributed by atoms with E-state index in [2.05, 4.69) is 15.3 Å². The second kappa shape index (κ2) is 5.90. The summed E-state index contributed by atoms with van der Waals surface area (Å²) in [4.78, 5) is 7.38. The molecule has 96 valence electrons. The Morgan fingerprint density at radius 1 is 1.33 bits per heavy atom. The van der Waals surface area contributed by atoms with Crippen LogP contribution in [0.4, 0.5) is 9.52 Å². The van der Waals surface area contributed by atoms with Crippen LogP contribution in [0.25, 0.3) is 0 Å². The fourth-order valence-electron chi connectivity index (χ4n) is 1.67. The standard InChI is InChI=1S/C12H15FN4S/c1-17(7-9-2-4-10(13)5-3-9)8-11-6-15-12(16-14)18-11/h2-6H,7-8,14H2,1H3,(H,15,16). The van der Waals surface area contributed by atoms with Crippen LogP contribution >= 0.6 is 11.3 Å². The third-order valence-electron chi connectivity index (χ3n) is 2.47. The lowest BCUT2D eigenvalue weighted by molar-refractivity contribution is 0.321. The van der Waals surface area contributed by atoms with E-state index in [0.29, 0.717) is 5.13 Å². The maximum absolute atomic E-state index is 12.8. The molecule has 0 radical (unpaired) electrons. The minimum absolute atomic E-state index is 0.206. The van der Waals surface area contributed by atoms with E-state index in [4.69, 9.17) is 5.84 Å². The molecule has 0 saturated carbocycles. The predicted octanol–water partition coefficient (Wildman–Crippen LogP) is 2.20. The number of nitrogens with zero attached hydrogens (tertiary/aromatic N) is 2. The van der Waals surface area contributed by atoms with Crippen molar-refractivity contribution >= 4 is 16.5 Å². The van der Waals surface area contributed by atoms with Crippen molar-refractivity contribution in [2.75, 3.05) is 12.5 Å². The van der Waals surface area contributed by atoms with Crippen molar-refractivity contribution in [1.29, 1.82) is 0 Å². The summed E-state index contributed by atoms with van der Waals surface area (Å²) in [5.41, 5.74) is 3.61. The summed E-state index contributed by atoms with van der Waals surface area (Å²) >= 11 is 1.53. The molecule has 0 aliphatic carbocycles. The Labute approximate surface area is 109 Å². The first-order valence-electron chi connectivity index (χ1n) is 5.51. The summed E-state index contributed by atoms with van der Waals surface area (Å²) in [6.45, 7) is 1.56. The monoisotopic (exact) mass is 266 g/mol. The number of nitrogen functional groups attached to an aromatic ring is 1. The van der Waals surface area contributed by atoms with E-state index in [1.54, 1.807) is 18.3 Å². The zero-order valence-electron chi connectivity index (χ0n) is 10.1. The summed E-state index contributed by atoms with van der Waals surface area (Å²) in [5, 5.41) is 0.709. The van der Waals surface area contributed by atoms with Crippen LogP contribution < -0.4 is 11.3 Å². The normalized spacial score (nSPS) is 10.9. The molecule has 0 spiro atoms. The maximum atomic E-state index is 12.8. The summed E-state index contributed by atoms with van der Waals surface area (Å²) in [7, 11) is 2.01. The largest absolute Gasteiger partial charge is 0.300 e. The molecule has 0 fully saturated rings. The van der Waals surface area contributed by atoms with E-state index < -0.39 is 0 Å². The van der Waals surface area contributed by atoms with Gasteiger partial charge in [0, 0.05) is 24.2 Å². The topological polar surface area (TPSA) is 54.2 Å². The van der Waals surface area contributed by atoms with Gasteiger partial charge in [0.2, 0.25) is 0 Å².